The van der Waals surface area contributed by atoms with Crippen LogP contribution in [0.15, 0.2) is 15.6 Å². The third-order valence-corrected chi connectivity index (χ3v) is 4.53. The Morgan fingerprint density at radius 2 is 1.88 bits per heavy atom. The van der Waals surface area contributed by atoms with Gasteiger partial charge in [-0.15, -0.1) is 24.0 Å². The highest BCUT2D eigenvalue weighted by molar-refractivity contribution is 14.0. The quantitative estimate of drug-likeness (QED) is 0.394. The van der Waals surface area contributed by atoms with E-state index in [0.29, 0.717) is 18.5 Å². The molecule has 1 aliphatic carbocycles. The van der Waals surface area contributed by atoms with Crippen LogP contribution in [0, 0.1) is 11.8 Å². The van der Waals surface area contributed by atoms with E-state index < -0.39 is 0 Å². The smallest absolute Gasteiger partial charge is 0.216 e. The Hall–Kier alpha value is -0.790. The minimum Gasteiger partial charge on any atom is -0.443 e. The van der Waals surface area contributed by atoms with Gasteiger partial charge >= 0.3 is 0 Å². The van der Waals surface area contributed by atoms with E-state index in [9.17, 15) is 0 Å². The van der Waals surface area contributed by atoms with E-state index in [1.165, 1.54) is 19.3 Å². The van der Waals surface area contributed by atoms with E-state index in [-0.39, 0.29) is 29.4 Å². The Kier molecular flexibility index (Phi) is 8.71. The summed E-state index contributed by atoms with van der Waals surface area (Å²) in [6, 6.07) is 0.497. The zero-order chi connectivity index (χ0) is 17.7. The highest BCUT2D eigenvalue weighted by atomic mass is 127. The van der Waals surface area contributed by atoms with Crippen LogP contribution in [-0.2, 0) is 12.0 Å². The standard InChI is InChI=1S/C19H34N4O.HI/c1-7-20-18(23-15-9-13(2)8-14(3)10-15)22-12-17-21-11-16(24-17)19(4,5)6;/h11,13-15H,7-10,12H2,1-6H3,(H2,20,22,23);1H. The van der Waals surface area contributed by atoms with Gasteiger partial charge in [-0.25, -0.2) is 9.98 Å². The van der Waals surface area contributed by atoms with Crippen LogP contribution in [0.3, 0.4) is 0 Å². The number of nitrogens with one attached hydrogen (secondary N) is 2. The van der Waals surface area contributed by atoms with Gasteiger partial charge in [0, 0.05) is 18.0 Å². The highest BCUT2D eigenvalue weighted by Gasteiger charge is 2.24. The minimum absolute atomic E-state index is 0. The van der Waals surface area contributed by atoms with Gasteiger partial charge in [-0.1, -0.05) is 34.6 Å². The fraction of sp³-hybridized carbons (Fsp3) is 0.789. The van der Waals surface area contributed by atoms with Crippen LogP contribution in [0.25, 0.3) is 0 Å². The first-order chi connectivity index (χ1) is 11.3. The van der Waals surface area contributed by atoms with Gasteiger partial charge in [0.15, 0.2) is 5.96 Å². The van der Waals surface area contributed by atoms with Crippen molar-refractivity contribution in [1.82, 2.24) is 15.6 Å². The summed E-state index contributed by atoms with van der Waals surface area (Å²) < 4.78 is 5.83. The van der Waals surface area contributed by atoms with Crippen molar-refractivity contribution in [3.8, 4) is 0 Å². The van der Waals surface area contributed by atoms with Crippen molar-refractivity contribution in [1.29, 1.82) is 0 Å². The van der Waals surface area contributed by atoms with Crippen LogP contribution >= 0.6 is 24.0 Å². The van der Waals surface area contributed by atoms with Crippen molar-refractivity contribution in [3.05, 3.63) is 17.8 Å². The molecule has 1 fully saturated rings. The van der Waals surface area contributed by atoms with Gasteiger partial charge < -0.3 is 15.1 Å². The Morgan fingerprint density at radius 3 is 2.40 bits per heavy atom. The number of aliphatic imine (C=N–C) groups is 1. The molecule has 2 atom stereocenters. The molecule has 6 heteroatoms. The number of nitrogens with zero attached hydrogens (tertiary/aromatic N) is 2. The summed E-state index contributed by atoms with van der Waals surface area (Å²) in [4.78, 5) is 9.02. The molecule has 1 aromatic rings. The third kappa shape index (κ3) is 7.15. The molecule has 1 heterocycles. The Bertz CT molecular complexity index is 540. The van der Waals surface area contributed by atoms with Gasteiger partial charge in [0.2, 0.25) is 5.89 Å². The van der Waals surface area contributed by atoms with Crippen LogP contribution in [0.5, 0.6) is 0 Å². The number of aromatic nitrogens is 1. The number of guanidine groups is 1. The molecular weight excluding hydrogens is 427 g/mol. The van der Waals surface area contributed by atoms with Crippen LogP contribution in [-0.4, -0.2) is 23.5 Å². The second kappa shape index (κ2) is 9.78. The van der Waals surface area contributed by atoms with E-state index in [1.54, 1.807) is 0 Å². The molecule has 0 amide bonds. The molecule has 0 saturated heterocycles. The topological polar surface area (TPSA) is 62.5 Å². The molecule has 25 heavy (non-hydrogen) atoms. The van der Waals surface area contributed by atoms with Crippen LogP contribution < -0.4 is 10.6 Å². The van der Waals surface area contributed by atoms with Crippen molar-refractivity contribution in [2.75, 3.05) is 6.54 Å². The number of hydrogen-bond donors (Lipinski definition) is 2. The third-order valence-electron chi connectivity index (χ3n) is 4.53. The molecule has 1 aliphatic rings. The molecule has 0 aromatic carbocycles. The molecule has 5 nitrogen and oxygen atoms in total. The molecule has 1 saturated carbocycles. The van der Waals surface area contributed by atoms with Gasteiger partial charge in [0.1, 0.15) is 12.3 Å². The Balaban J connectivity index is 0.00000312. The molecule has 1 aromatic heterocycles. The van der Waals surface area contributed by atoms with Crippen molar-refractivity contribution in [3.63, 3.8) is 0 Å². The molecule has 144 valence electrons. The summed E-state index contributed by atoms with van der Waals surface area (Å²) in [7, 11) is 0. The average Bonchev–Trinajstić information content (AvgIpc) is 2.93. The zero-order valence-corrected chi connectivity index (χ0v) is 18.9. The van der Waals surface area contributed by atoms with E-state index in [0.717, 1.165) is 30.1 Å². The second-order valence-electron chi connectivity index (χ2n) is 8.32. The minimum atomic E-state index is -0.0217. The van der Waals surface area contributed by atoms with Gasteiger partial charge in [0.25, 0.3) is 0 Å². The number of hydrogen-bond acceptors (Lipinski definition) is 3. The lowest BCUT2D eigenvalue weighted by atomic mass is 9.80. The fourth-order valence-corrected chi connectivity index (χ4v) is 3.45. The molecule has 0 bridgehead atoms. The van der Waals surface area contributed by atoms with E-state index in [2.05, 4.69) is 62.2 Å². The molecule has 2 unspecified atom stereocenters. The highest BCUT2D eigenvalue weighted by Crippen LogP contribution is 2.28. The molecule has 0 spiro atoms. The largest absolute Gasteiger partial charge is 0.443 e. The van der Waals surface area contributed by atoms with Gasteiger partial charge in [-0.3, -0.25) is 0 Å². The van der Waals surface area contributed by atoms with Gasteiger partial charge in [-0.05, 0) is 38.0 Å². The van der Waals surface area contributed by atoms with Crippen molar-refractivity contribution < 1.29 is 4.42 Å². The number of halogens is 1. The molecule has 2 rings (SSSR count). The van der Waals surface area contributed by atoms with Gasteiger partial charge in [0.05, 0.1) is 6.20 Å². The summed E-state index contributed by atoms with van der Waals surface area (Å²) in [5.41, 5.74) is -0.0217. The van der Waals surface area contributed by atoms with Crippen LogP contribution in [0.4, 0.5) is 0 Å². The van der Waals surface area contributed by atoms with E-state index in [4.69, 9.17) is 4.42 Å². The summed E-state index contributed by atoms with van der Waals surface area (Å²) in [5.74, 6) is 3.98. The first-order valence-corrected chi connectivity index (χ1v) is 9.28. The average molecular weight is 462 g/mol. The SMILES string of the molecule is CCNC(=NCc1ncc(C(C)(C)C)o1)NC1CC(C)CC(C)C1.I. The molecule has 2 N–H and O–H groups in total. The van der Waals surface area contributed by atoms with Crippen molar-refractivity contribution >= 4 is 29.9 Å². The lowest BCUT2D eigenvalue weighted by molar-refractivity contribution is 0.255. The van der Waals surface area contributed by atoms with E-state index in [1.807, 2.05) is 6.20 Å². The maximum absolute atomic E-state index is 5.83. The normalized spacial score (nSPS) is 24.6. The lowest BCUT2D eigenvalue weighted by Crippen LogP contribution is -2.46. The second-order valence-corrected chi connectivity index (χ2v) is 8.32. The fourth-order valence-electron chi connectivity index (χ4n) is 3.45. The van der Waals surface area contributed by atoms with Crippen LogP contribution in [0.1, 0.15) is 72.5 Å². The van der Waals surface area contributed by atoms with Crippen molar-refractivity contribution in [2.24, 2.45) is 16.8 Å². The van der Waals surface area contributed by atoms with Crippen LogP contribution in [0.2, 0.25) is 0 Å². The van der Waals surface area contributed by atoms with Crippen molar-refractivity contribution in [2.45, 2.75) is 78.8 Å². The summed E-state index contributed by atoms with van der Waals surface area (Å²) in [6.45, 7) is 14.5. The van der Waals surface area contributed by atoms with E-state index >= 15 is 0 Å². The summed E-state index contributed by atoms with van der Waals surface area (Å²) in [5, 5.41) is 6.93. The molecular formula is C19H35IN4O. The first-order valence-electron chi connectivity index (χ1n) is 9.28. The zero-order valence-electron chi connectivity index (χ0n) is 16.6. The molecule has 0 aliphatic heterocycles. The maximum Gasteiger partial charge on any atom is 0.216 e. The lowest BCUT2D eigenvalue weighted by Gasteiger charge is -2.32. The Labute approximate surface area is 169 Å². The monoisotopic (exact) mass is 462 g/mol. The van der Waals surface area contributed by atoms with Gasteiger partial charge in [-0.2, -0.15) is 0 Å². The Morgan fingerprint density at radius 1 is 1.24 bits per heavy atom. The molecule has 0 radical (unpaired) electrons. The predicted octanol–water partition coefficient (Wildman–Crippen LogP) is 4.47. The predicted molar refractivity (Wildman–Crippen MR) is 115 cm³/mol. The summed E-state index contributed by atoms with van der Waals surface area (Å²) >= 11 is 0. The summed E-state index contributed by atoms with van der Waals surface area (Å²) in [6.07, 6.45) is 5.57. The number of oxazole rings is 1. The number of rotatable bonds is 4. The first kappa shape index (κ1) is 22.3. The maximum atomic E-state index is 5.83.